The zero-order chi connectivity index (χ0) is 16.3. The number of carbonyl (C=O) groups is 1. The van der Waals surface area contributed by atoms with Crippen LogP contribution in [0.5, 0.6) is 5.75 Å². The molecule has 0 aliphatic rings. The van der Waals surface area contributed by atoms with E-state index in [9.17, 15) is 9.59 Å². The highest BCUT2D eigenvalue weighted by molar-refractivity contribution is 5.97. The molecule has 0 aliphatic carbocycles. The van der Waals surface area contributed by atoms with E-state index in [0.29, 0.717) is 23.1 Å². The fourth-order valence-corrected chi connectivity index (χ4v) is 1.93. The predicted molar refractivity (Wildman–Crippen MR) is 84.0 cm³/mol. The number of amides is 1. The number of rotatable bonds is 4. The molecule has 2 rings (SSSR count). The second kappa shape index (κ2) is 5.94. The highest BCUT2D eigenvalue weighted by atomic mass is 16.5. The van der Waals surface area contributed by atoms with Crippen LogP contribution in [0.4, 0.5) is 0 Å². The van der Waals surface area contributed by atoms with E-state index in [0.717, 1.165) is 0 Å². The number of hydrogen-bond acceptors (Lipinski definition) is 4. The van der Waals surface area contributed by atoms with Gasteiger partial charge in [0.25, 0.3) is 5.91 Å². The monoisotopic (exact) mass is 299 g/mol. The minimum Gasteiger partial charge on any atom is -0.497 e. The van der Waals surface area contributed by atoms with Crippen molar-refractivity contribution in [2.24, 2.45) is 0 Å². The van der Waals surface area contributed by atoms with E-state index in [1.54, 1.807) is 25.1 Å². The van der Waals surface area contributed by atoms with Crippen LogP contribution in [0.2, 0.25) is 0 Å². The van der Waals surface area contributed by atoms with Crippen molar-refractivity contribution >= 4 is 16.9 Å². The molecule has 0 aliphatic heterocycles. The van der Waals surface area contributed by atoms with Crippen LogP contribution in [-0.4, -0.2) is 18.6 Å². The number of fused-ring (bicyclic) bond motifs is 1. The van der Waals surface area contributed by atoms with Crippen LogP contribution in [-0.2, 0) is 0 Å². The maximum absolute atomic E-state index is 12.3. The molecule has 1 N–H and O–H groups in total. The first-order valence-electron chi connectivity index (χ1n) is 6.84. The molecule has 1 amide bonds. The van der Waals surface area contributed by atoms with Gasteiger partial charge in [0.2, 0.25) is 0 Å². The number of hydrogen-bond donors (Lipinski definition) is 1. The molecule has 1 unspecified atom stereocenters. The van der Waals surface area contributed by atoms with Gasteiger partial charge in [0.05, 0.1) is 12.6 Å². The molecule has 0 radical (unpaired) electrons. The molecule has 2 aromatic rings. The van der Waals surface area contributed by atoms with E-state index in [2.05, 4.69) is 11.2 Å². The summed E-state index contributed by atoms with van der Waals surface area (Å²) in [5, 5.41) is 3.28. The molecule has 1 aromatic heterocycles. The van der Waals surface area contributed by atoms with E-state index < -0.39 is 17.1 Å². The SMILES string of the molecule is C#CC(C)(CC)NC(=O)c1cc2cc(OC)ccc2oc1=O. The number of benzene rings is 1. The van der Waals surface area contributed by atoms with Crippen LogP contribution in [0, 0.1) is 12.3 Å². The number of carbonyl (C=O) groups excluding carboxylic acids is 1. The van der Waals surface area contributed by atoms with Crippen molar-refractivity contribution in [2.75, 3.05) is 7.11 Å². The van der Waals surface area contributed by atoms with Crippen LogP contribution >= 0.6 is 0 Å². The second-order valence-corrected chi connectivity index (χ2v) is 5.14. The Labute approximate surface area is 128 Å². The summed E-state index contributed by atoms with van der Waals surface area (Å²) in [4.78, 5) is 24.3. The molecule has 0 saturated heterocycles. The van der Waals surface area contributed by atoms with Gasteiger partial charge in [-0.1, -0.05) is 12.8 Å². The van der Waals surface area contributed by atoms with Gasteiger partial charge >= 0.3 is 5.63 Å². The molecule has 5 nitrogen and oxygen atoms in total. The predicted octanol–water partition coefficient (Wildman–Crippen LogP) is 2.33. The normalized spacial score (nSPS) is 13.2. The third kappa shape index (κ3) is 2.96. The third-order valence-corrected chi connectivity index (χ3v) is 3.60. The van der Waals surface area contributed by atoms with Gasteiger partial charge in [0.1, 0.15) is 16.9 Å². The van der Waals surface area contributed by atoms with Crippen molar-refractivity contribution < 1.29 is 13.9 Å². The first kappa shape index (κ1) is 15.6. The Balaban J connectivity index is 2.47. The zero-order valence-corrected chi connectivity index (χ0v) is 12.7. The lowest BCUT2D eigenvalue weighted by molar-refractivity contribution is 0.0920. The van der Waals surface area contributed by atoms with Crippen molar-refractivity contribution in [2.45, 2.75) is 25.8 Å². The Kier molecular flexibility index (Phi) is 4.22. The molecule has 1 heterocycles. The summed E-state index contributed by atoms with van der Waals surface area (Å²) in [5.41, 5.74) is -1.22. The molecule has 1 atom stereocenters. The summed E-state index contributed by atoms with van der Waals surface area (Å²) in [6.07, 6.45) is 5.97. The highest BCUT2D eigenvalue weighted by Gasteiger charge is 2.24. The fourth-order valence-electron chi connectivity index (χ4n) is 1.93. The Morgan fingerprint density at radius 1 is 1.45 bits per heavy atom. The minimum absolute atomic E-state index is 0.0873. The van der Waals surface area contributed by atoms with Crippen molar-refractivity contribution in [1.29, 1.82) is 0 Å². The smallest absolute Gasteiger partial charge is 0.349 e. The number of methoxy groups -OCH3 is 1. The molecule has 0 bridgehead atoms. The number of nitrogens with one attached hydrogen (secondary N) is 1. The third-order valence-electron chi connectivity index (χ3n) is 3.60. The number of terminal acetylenes is 1. The maximum atomic E-state index is 12.3. The van der Waals surface area contributed by atoms with E-state index in [1.165, 1.54) is 13.2 Å². The molecule has 5 heteroatoms. The summed E-state index contributed by atoms with van der Waals surface area (Å²) in [5.74, 6) is 2.57. The van der Waals surface area contributed by atoms with Crippen molar-refractivity contribution in [3.8, 4) is 18.1 Å². The summed E-state index contributed by atoms with van der Waals surface area (Å²) in [6.45, 7) is 3.57. The molecule has 114 valence electrons. The fraction of sp³-hybridized carbons (Fsp3) is 0.294. The topological polar surface area (TPSA) is 68.5 Å². The van der Waals surface area contributed by atoms with Gasteiger partial charge in [0.15, 0.2) is 0 Å². The molecule has 0 saturated carbocycles. The van der Waals surface area contributed by atoms with Crippen LogP contribution in [0.25, 0.3) is 11.0 Å². The maximum Gasteiger partial charge on any atom is 0.349 e. The van der Waals surface area contributed by atoms with Gasteiger partial charge < -0.3 is 14.5 Å². The minimum atomic E-state index is -0.813. The van der Waals surface area contributed by atoms with Gasteiger partial charge in [-0.15, -0.1) is 6.42 Å². The van der Waals surface area contributed by atoms with E-state index in [4.69, 9.17) is 15.6 Å². The summed E-state index contributed by atoms with van der Waals surface area (Å²) < 4.78 is 10.3. The highest BCUT2D eigenvalue weighted by Crippen LogP contribution is 2.20. The van der Waals surface area contributed by atoms with Crippen molar-refractivity contribution in [1.82, 2.24) is 5.32 Å². The first-order valence-corrected chi connectivity index (χ1v) is 6.84. The summed E-state index contributed by atoms with van der Waals surface area (Å²) in [7, 11) is 1.54. The Bertz CT molecular complexity index is 815. The molecule has 0 fully saturated rings. The van der Waals surface area contributed by atoms with Gasteiger partial charge in [-0.2, -0.15) is 0 Å². The quantitative estimate of drug-likeness (QED) is 0.695. The Hall–Kier alpha value is -2.74. The van der Waals surface area contributed by atoms with E-state index >= 15 is 0 Å². The lowest BCUT2D eigenvalue weighted by Crippen LogP contribution is -2.45. The molecule has 0 spiro atoms. The number of ether oxygens (including phenoxy) is 1. The molecule has 22 heavy (non-hydrogen) atoms. The standard InChI is InChI=1S/C17H17NO4/c1-5-17(3,6-2)18-15(19)13-10-11-9-12(21-4)7-8-14(11)22-16(13)20/h1,7-10H,6H2,2-4H3,(H,18,19). The lowest BCUT2D eigenvalue weighted by Gasteiger charge is -2.23. The lowest BCUT2D eigenvalue weighted by atomic mass is 9.99. The van der Waals surface area contributed by atoms with Crippen molar-refractivity contribution in [3.63, 3.8) is 0 Å². The van der Waals surface area contributed by atoms with Gasteiger partial charge in [0, 0.05) is 5.39 Å². The molecular formula is C17H17NO4. The largest absolute Gasteiger partial charge is 0.497 e. The van der Waals surface area contributed by atoms with Crippen LogP contribution in [0.15, 0.2) is 33.5 Å². The van der Waals surface area contributed by atoms with E-state index in [1.807, 2.05) is 6.92 Å². The van der Waals surface area contributed by atoms with Gasteiger partial charge in [-0.3, -0.25) is 4.79 Å². The Morgan fingerprint density at radius 3 is 2.77 bits per heavy atom. The average Bonchev–Trinajstić information content (AvgIpc) is 2.53. The van der Waals surface area contributed by atoms with Crippen LogP contribution < -0.4 is 15.7 Å². The van der Waals surface area contributed by atoms with Gasteiger partial charge in [-0.05, 0) is 37.6 Å². The second-order valence-electron chi connectivity index (χ2n) is 5.14. The molecule has 1 aromatic carbocycles. The Morgan fingerprint density at radius 2 is 2.18 bits per heavy atom. The zero-order valence-electron chi connectivity index (χ0n) is 12.7. The van der Waals surface area contributed by atoms with E-state index in [-0.39, 0.29) is 5.56 Å². The van der Waals surface area contributed by atoms with Crippen LogP contribution in [0.3, 0.4) is 0 Å². The van der Waals surface area contributed by atoms with Crippen LogP contribution in [0.1, 0.15) is 30.6 Å². The molecular weight excluding hydrogens is 282 g/mol. The first-order chi connectivity index (χ1) is 10.4. The summed E-state index contributed by atoms with van der Waals surface area (Å²) >= 11 is 0. The van der Waals surface area contributed by atoms with Crippen molar-refractivity contribution in [3.05, 3.63) is 40.2 Å². The van der Waals surface area contributed by atoms with Gasteiger partial charge in [-0.25, -0.2) is 4.79 Å². The average molecular weight is 299 g/mol. The summed E-state index contributed by atoms with van der Waals surface area (Å²) in [6, 6.07) is 6.47.